The molecule has 0 amide bonds. The van der Waals surface area contributed by atoms with Crippen molar-refractivity contribution >= 4 is 29.0 Å². The third-order valence-corrected chi connectivity index (χ3v) is 7.65. The fraction of sp³-hybridized carbons (Fsp3) is 0.429. The van der Waals surface area contributed by atoms with Crippen LogP contribution in [0.5, 0.6) is 0 Å². The second-order valence-electron chi connectivity index (χ2n) is 14.5. The van der Waals surface area contributed by atoms with Crippen molar-refractivity contribution in [2.75, 3.05) is 0 Å². The number of hydrogen-bond donors (Lipinski definition) is 0. The minimum Gasteiger partial charge on any atom is -0.358 e. The van der Waals surface area contributed by atoms with E-state index in [2.05, 4.69) is 142 Å². The molecule has 0 fully saturated rings. The Morgan fingerprint density at radius 1 is 0.800 bits per heavy atom. The largest absolute Gasteiger partial charge is 0.358 e. The molecule has 5 rings (SSSR count). The number of aryl methyl sites for hydroxylation is 1. The quantitative estimate of drug-likeness (QED) is 0.172. The van der Waals surface area contributed by atoms with Crippen molar-refractivity contribution in [3.05, 3.63) is 125 Å². The predicted molar refractivity (Wildman–Crippen MR) is 203 cm³/mol. The van der Waals surface area contributed by atoms with Crippen LogP contribution in [0.25, 0.3) is 11.1 Å². The van der Waals surface area contributed by atoms with E-state index < -0.39 is 0 Å². The first-order chi connectivity index (χ1) is 19.5. The second kappa shape index (κ2) is 19.3. The van der Waals surface area contributed by atoms with Crippen LogP contribution in [-0.2, 0) is 41.5 Å². The van der Waals surface area contributed by atoms with Crippen molar-refractivity contribution in [3.63, 3.8) is 0 Å². The van der Waals surface area contributed by atoms with E-state index in [0.717, 1.165) is 12.8 Å². The molecule has 248 valence electrons. The van der Waals surface area contributed by atoms with Crippen molar-refractivity contribution in [3.8, 4) is 11.1 Å². The van der Waals surface area contributed by atoms with Crippen molar-refractivity contribution in [2.45, 2.75) is 107 Å². The maximum Gasteiger partial charge on any atom is -0.358 e. The third kappa shape index (κ3) is 13.2. The molecule has 45 heavy (non-hydrogen) atoms. The van der Waals surface area contributed by atoms with Crippen LogP contribution in [0.15, 0.2) is 71.8 Å². The molecule has 0 aromatic heterocycles. The van der Waals surface area contributed by atoms with E-state index in [1.54, 1.807) is 0 Å². The van der Waals surface area contributed by atoms with Crippen LogP contribution in [0.2, 0.25) is 0 Å². The van der Waals surface area contributed by atoms with Gasteiger partial charge in [0.25, 0.3) is 0 Å². The molecular weight excluding hydrogens is 667 g/mol. The molecule has 0 bridgehead atoms. The molecule has 3 aromatic rings. The molecule has 2 aliphatic rings. The number of hydrogen-bond acceptors (Lipinski definition) is 0. The average Bonchev–Trinajstić information content (AvgIpc) is 3.49. The summed E-state index contributed by atoms with van der Waals surface area (Å²) in [5.41, 5.74) is 13.2. The van der Waals surface area contributed by atoms with Gasteiger partial charge < -0.3 is 7.43 Å². The van der Waals surface area contributed by atoms with Gasteiger partial charge in [0.05, 0.1) is 0 Å². The van der Waals surface area contributed by atoms with Crippen LogP contribution in [0.3, 0.4) is 0 Å². The number of halogens is 2. The monoisotopic (exact) mass is 722 g/mol. The van der Waals surface area contributed by atoms with Gasteiger partial charge in [-0.05, 0) is 28.4 Å². The van der Waals surface area contributed by atoms with Crippen LogP contribution in [0.1, 0.15) is 110 Å². The van der Waals surface area contributed by atoms with Crippen molar-refractivity contribution < 1.29 is 24.2 Å². The van der Waals surface area contributed by atoms with E-state index in [0.29, 0.717) is 11.3 Å². The number of fused-ring (bicyclic) bond motifs is 3. The van der Waals surface area contributed by atoms with Gasteiger partial charge in [0.2, 0.25) is 0 Å². The van der Waals surface area contributed by atoms with Gasteiger partial charge in [0.15, 0.2) is 0 Å². The van der Waals surface area contributed by atoms with Gasteiger partial charge in [-0.15, -0.1) is 35.9 Å². The minimum absolute atomic E-state index is 0. The summed E-state index contributed by atoms with van der Waals surface area (Å²) < 4.78 is 3.34. The normalized spacial score (nSPS) is 14.3. The van der Waals surface area contributed by atoms with E-state index in [1.165, 1.54) is 74.3 Å². The fourth-order valence-electron chi connectivity index (χ4n) is 5.24. The zero-order valence-corrected chi connectivity index (χ0v) is 34.4. The maximum atomic E-state index is 3.67. The topological polar surface area (TPSA) is 0 Å². The molecule has 0 nitrogen and oxygen atoms in total. The van der Waals surface area contributed by atoms with Crippen LogP contribution in [0.4, 0.5) is 0 Å². The Morgan fingerprint density at radius 3 is 1.78 bits per heavy atom. The Bertz CT molecular complexity index is 1320. The predicted octanol–water partition coefficient (Wildman–Crippen LogP) is 12.5. The maximum absolute atomic E-state index is 3.67. The van der Waals surface area contributed by atoms with Crippen LogP contribution >= 0.6 is 24.8 Å². The average molecular weight is 725 g/mol. The molecule has 2 aliphatic carbocycles. The van der Waals surface area contributed by atoms with Gasteiger partial charge in [0.1, 0.15) is 0 Å². The summed E-state index contributed by atoms with van der Waals surface area (Å²) in [6.07, 6.45) is 7.98. The van der Waals surface area contributed by atoms with Gasteiger partial charge in [-0.25, -0.2) is 5.57 Å². The SMILES string of the molecule is CC(C)(C)c1[c-]c2c(cc1)-c1ccc(C(C)(C)C)cc1C2.CCC1=[C-]C(C)C=C1C(C)(C)C.Cc1cc[c-]cc1.Cl.Cl.[CH2]=[Zr].[CH3-]. The van der Waals surface area contributed by atoms with Gasteiger partial charge in [-0.1, -0.05) is 125 Å². The third-order valence-electron chi connectivity index (χ3n) is 7.65. The van der Waals surface area contributed by atoms with Gasteiger partial charge in [0, 0.05) is 0 Å². The Hall–Kier alpha value is -1.53. The first kappa shape index (κ1) is 45.6. The Morgan fingerprint density at radius 2 is 1.36 bits per heavy atom. The molecule has 3 aromatic carbocycles. The van der Waals surface area contributed by atoms with Gasteiger partial charge >= 0.3 is 28.4 Å². The summed E-state index contributed by atoms with van der Waals surface area (Å²) in [5.74, 6) is 0.522. The smallest absolute Gasteiger partial charge is 0.358 e. The van der Waals surface area contributed by atoms with Crippen molar-refractivity contribution in [2.24, 2.45) is 11.3 Å². The number of benzene rings is 3. The van der Waals surface area contributed by atoms with E-state index >= 15 is 0 Å². The van der Waals surface area contributed by atoms with E-state index in [1.807, 2.05) is 24.3 Å². The molecule has 0 saturated carbocycles. The summed E-state index contributed by atoms with van der Waals surface area (Å²) in [7, 11) is 0. The first-order valence-electron chi connectivity index (χ1n) is 15.3. The van der Waals surface area contributed by atoms with Crippen molar-refractivity contribution in [1.29, 1.82) is 0 Å². The van der Waals surface area contributed by atoms with E-state index in [9.17, 15) is 0 Å². The Labute approximate surface area is 305 Å². The van der Waals surface area contributed by atoms with Crippen molar-refractivity contribution in [1.82, 2.24) is 0 Å². The summed E-state index contributed by atoms with van der Waals surface area (Å²) in [6.45, 7) is 26.9. The summed E-state index contributed by atoms with van der Waals surface area (Å²) >= 11 is 1.30. The van der Waals surface area contributed by atoms with Gasteiger partial charge in [-0.2, -0.15) is 71.3 Å². The zero-order valence-electron chi connectivity index (χ0n) is 30.3. The first-order valence-corrected chi connectivity index (χ1v) is 17.1. The molecule has 0 spiro atoms. The molecule has 3 heteroatoms. The number of rotatable bonds is 1. The molecule has 0 saturated heterocycles. The number of allylic oxidation sites excluding steroid dienone is 4. The van der Waals surface area contributed by atoms with E-state index in [4.69, 9.17) is 0 Å². The second-order valence-corrected chi connectivity index (χ2v) is 14.5. The molecule has 0 N–H and O–H groups in total. The molecule has 0 heterocycles. The van der Waals surface area contributed by atoms with Crippen LogP contribution < -0.4 is 0 Å². The standard InChI is InChI=1S/C21H25.C12H19.C7H7.CH3.CH2.2ClH.Zr/c1-20(2,3)16-7-9-18-14(12-16)11-15-13-17(21(4,5)6)8-10-19(15)18;1-6-10-7-9(2)8-11(10)12(3,4)5;1-7-5-3-2-4-6-7;;;;;/h7-10,12H,11H2,1-6H3;8-9H,6H2,1-5H3;3-6H,1H3;1H3;1H2;2*1H;/q4*-1;;;;. The van der Waals surface area contributed by atoms with Crippen LogP contribution in [0, 0.1) is 43.9 Å². The molecule has 0 radical (unpaired) electrons. The minimum atomic E-state index is 0. The molecule has 1 atom stereocenters. The van der Waals surface area contributed by atoms with E-state index in [-0.39, 0.29) is 43.1 Å². The molecular formula is C42H58Cl2Zr-4. The fourth-order valence-corrected chi connectivity index (χ4v) is 5.24. The zero-order chi connectivity index (χ0) is 31.9. The summed E-state index contributed by atoms with van der Waals surface area (Å²) in [4.78, 5) is 0. The molecule has 1 unspecified atom stereocenters. The Balaban J connectivity index is 0. The molecule has 0 aliphatic heterocycles. The Kier molecular flexibility index (Phi) is 19.6. The van der Waals surface area contributed by atoms with Crippen LogP contribution in [-0.4, -0.2) is 4.21 Å². The summed E-state index contributed by atoms with van der Waals surface area (Å²) in [6, 6.07) is 26.0. The van der Waals surface area contributed by atoms with Gasteiger partial charge in [-0.3, -0.25) is 6.08 Å². The summed E-state index contributed by atoms with van der Waals surface area (Å²) in [5, 5.41) is 0.